The van der Waals surface area contributed by atoms with Gasteiger partial charge in [-0.1, -0.05) is 60.1 Å². The van der Waals surface area contributed by atoms with Crippen LogP contribution in [0.5, 0.6) is 0 Å². The van der Waals surface area contributed by atoms with Gasteiger partial charge < -0.3 is 99.5 Å². The molecular formula is C53H84O22. The number of aliphatic hydroxyl groups is 12. The van der Waals surface area contributed by atoms with Crippen molar-refractivity contribution in [2.75, 3.05) is 19.8 Å². The van der Waals surface area contributed by atoms with Crippen LogP contribution in [0.25, 0.3) is 0 Å². The molecule has 13 N–H and O–H groups in total. The number of aliphatic carboxylic acids is 1. The van der Waals surface area contributed by atoms with Crippen LogP contribution in [0.4, 0.5) is 0 Å². The van der Waals surface area contributed by atoms with Crippen molar-refractivity contribution in [2.24, 2.45) is 56.2 Å². The highest BCUT2D eigenvalue weighted by molar-refractivity contribution is 5.79. The Hall–Kier alpha value is -2.04. The lowest BCUT2D eigenvalue weighted by atomic mass is 9.33. The van der Waals surface area contributed by atoms with E-state index in [1.165, 1.54) is 5.57 Å². The molecule has 4 aliphatic heterocycles. The fourth-order valence-corrected chi connectivity index (χ4v) is 16.7. The summed E-state index contributed by atoms with van der Waals surface area (Å²) < 4.78 is 41.7. The zero-order valence-corrected chi connectivity index (χ0v) is 44.0. The van der Waals surface area contributed by atoms with Crippen LogP contribution in [0.15, 0.2) is 11.6 Å². The molecule has 0 bridgehead atoms. The van der Waals surface area contributed by atoms with Gasteiger partial charge in [-0.15, -0.1) is 0 Å². The summed E-state index contributed by atoms with van der Waals surface area (Å²) >= 11 is 0. The number of hydrogen-bond acceptors (Lipinski definition) is 21. The van der Waals surface area contributed by atoms with E-state index in [0.29, 0.717) is 44.9 Å². The predicted octanol–water partition coefficient (Wildman–Crippen LogP) is -1.03. The van der Waals surface area contributed by atoms with E-state index in [1.807, 2.05) is 0 Å². The van der Waals surface area contributed by atoms with Crippen LogP contribution in [0.1, 0.15) is 113 Å². The molecule has 428 valence electrons. The number of carbonyl (C=O) groups is 2. The van der Waals surface area contributed by atoms with E-state index in [1.54, 1.807) is 0 Å². The molecule has 8 fully saturated rings. The Bertz CT molecular complexity index is 2120. The molecule has 4 saturated carbocycles. The summed E-state index contributed by atoms with van der Waals surface area (Å²) in [6, 6.07) is 0. The summed E-state index contributed by atoms with van der Waals surface area (Å²) in [5, 5.41) is 139. The number of hydrogen-bond donors (Lipinski definition) is 13. The number of ether oxygens (including phenoxy) is 7. The minimum atomic E-state index is -1.96. The van der Waals surface area contributed by atoms with Crippen LogP contribution < -0.4 is 0 Å². The number of esters is 1. The molecular weight excluding hydrogens is 989 g/mol. The predicted molar refractivity (Wildman–Crippen MR) is 256 cm³/mol. The fraction of sp³-hybridized carbons (Fsp3) is 0.925. The smallest absolute Gasteiger partial charge is 0.335 e. The van der Waals surface area contributed by atoms with Crippen LogP contribution >= 0.6 is 0 Å². The minimum Gasteiger partial charge on any atom is -0.479 e. The normalized spacial score (nSPS) is 53.5. The third-order valence-electron chi connectivity index (χ3n) is 21.4. The fourth-order valence-electron chi connectivity index (χ4n) is 16.7. The first-order valence-electron chi connectivity index (χ1n) is 27.1. The van der Waals surface area contributed by atoms with Crippen molar-refractivity contribution in [3.63, 3.8) is 0 Å². The van der Waals surface area contributed by atoms with Crippen molar-refractivity contribution in [1.29, 1.82) is 0 Å². The largest absolute Gasteiger partial charge is 0.479 e. The summed E-state index contributed by atoms with van der Waals surface area (Å²) in [5.41, 5.74) is -1.48. The van der Waals surface area contributed by atoms with Gasteiger partial charge in [-0.05, 0) is 115 Å². The monoisotopic (exact) mass is 1070 g/mol. The van der Waals surface area contributed by atoms with Crippen molar-refractivity contribution in [3.05, 3.63) is 11.6 Å². The van der Waals surface area contributed by atoms with Crippen molar-refractivity contribution < 1.29 is 109 Å². The lowest BCUT2D eigenvalue weighted by molar-refractivity contribution is -0.362. The van der Waals surface area contributed by atoms with Crippen LogP contribution in [0, 0.1) is 56.2 Å². The summed E-state index contributed by atoms with van der Waals surface area (Å²) in [6.07, 6.45) is -23.0. The molecule has 9 aliphatic rings. The molecule has 27 atom stereocenters. The summed E-state index contributed by atoms with van der Waals surface area (Å²) in [5.74, 6) is -2.70. The maximum atomic E-state index is 14.8. The number of carbonyl (C=O) groups excluding carboxylic acids is 1. The first-order chi connectivity index (χ1) is 35.0. The average Bonchev–Trinajstić information content (AvgIpc) is 3.35. The lowest BCUT2D eigenvalue weighted by Gasteiger charge is -2.72. The van der Waals surface area contributed by atoms with Gasteiger partial charge in [0, 0.05) is 0 Å². The highest BCUT2D eigenvalue weighted by Gasteiger charge is 2.71. The number of carboxylic acids is 1. The van der Waals surface area contributed by atoms with Gasteiger partial charge in [-0.3, -0.25) is 4.79 Å². The molecule has 5 aliphatic carbocycles. The Labute approximate surface area is 436 Å². The average molecular weight is 1070 g/mol. The Morgan fingerprint density at radius 2 is 1.21 bits per heavy atom. The van der Waals surface area contributed by atoms with E-state index in [9.17, 15) is 76.0 Å². The van der Waals surface area contributed by atoms with Crippen molar-refractivity contribution in [1.82, 2.24) is 0 Å². The second-order valence-electron chi connectivity index (χ2n) is 25.9. The molecule has 0 radical (unpaired) electrons. The van der Waals surface area contributed by atoms with Gasteiger partial charge in [0.2, 0.25) is 6.29 Å². The Kier molecular flexibility index (Phi) is 15.8. The van der Waals surface area contributed by atoms with Gasteiger partial charge in [0.25, 0.3) is 0 Å². The Morgan fingerprint density at radius 1 is 0.627 bits per heavy atom. The van der Waals surface area contributed by atoms with E-state index in [-0.39, 0.29) is 39.4 Å². The minimum absolute atomic E-state index is 0.00793. The Morgan fingerprint density at radius 3 is 1.84 bits per heavy atom. The second kappa shape index (κ2) is 20.5. The lowest BCUT2D eigenvalue weighted by Crippen LogP contribution is -2.70. The zero-order chi connectivity index (χ0) is 54.9. The molecule has 4 saturated heterocycles. The van der Waals surface area contributed by atoms with Gasteiger partial charge in [0.1, 0.15) is 85.5 Å². The van der Waals surface area contributed by atoms with Gasteiger partial charge in [0.05, 0.1) is 31.3 Å². The molecule has 0 aromatic carbocycles. The van der Waals surface area contributed by atoms with Crippen LogP contribution in [0.2, 0.25) is 0 Å². The second-order valence-corrected chi connectivity index (χ2v) is 25.9. The summed E-state index contributed by atoms with van der Waals surface area (Å²) in [4.78, 5) is 28.0. The third-order valence-corrected chi connectivity index (χ3v) is 21.4. The van der Waals surface area contributed by atoms with Crippen molar-refractivity contribution >= 4 is 11.9 Å². The maximum absolute atomic E-state index is 14.8. The summed E-state index contributed by atoms with van der Waals surface area (Å²) in [7, 11) is 0. The van der Waals surface area contributed by atoms with Gasteiger partial charge >= 0.3 is 11.9 Å². The topological polar surface area (TPSA) is 362 Å². The van der Waals surface area contributed by atoms with Gasteiger partial charge in [-0.2, -0.15) is 0 Å². The molecule has 0 unspecified atom stereocenters. The standard InChI is InChI=1S/C53H84O22/c1-48(2)14-16-53(47(68)75-46-37(64)34(61)32(59)27(20-55)71-46)17-15-51(6)22(24(53)18-48)8-9-29-50(5)12-10-23(49(3,4)28(50)11-13-52(29,51)7)39-40(73-44-35(62)30(57)25(56)21-69-44)38(65)41(42(72-39)43(66)67)74-45-36(63)33(60)31(58)26(19-54)70-45/h8,23-42,44-46,54-65H,9-21H2,1-7H3,(H,66,67)/t23-,24+,25-,26-,27-,28+,29-,30+,31-,32-,33+,34+,35-,36-,37-,38-,39+,40-,41+,42+,44+,45+,46+,50+,51-,52-,53+/m1/s1. The molecule has 22 heteroatoms. The van der Waals surface area contributed by atoms with E-state index < -0.39 is 165 Å². The molecule has 22 nitrogen and oxygen atoms in total. The highest BCUT2D eigenvalue weighted by atomic mass is 16.7. The van der Waals surface area contributed by atoms with Crippen molar-refractivity contribution in [3.8, 4) is 0 Å². The van der Waals surface area contributed by atoms with E-state index in [0.717, 1.165) is 19.3 Å². The van der Waals surface area contributed by atoms with Gasteiger partial charge in [0.15, 0.2) is 18.7 Å². The number of rotatable bonds is 10. The molecule has 0 aromatic heterocycles. The number of fused-ring (bicyclic) bond motifs is 7. The first-order valence-corrected chi connectivity index (χ1v) is 27.1. The van der Waals surface area contributed by atoms with E-state index in [4.69, 9.17) is 33.2 Å². The molecule has 0 spiro atoms. The number of allylic oxidation sites excluding steroid dienone is 2. The first kappa shape index (κ1) is 57.6. The van der Waals surface area contributed by atoms with E-state index in [2.05, 4.69) is 54.5 Å². The SMILES string of the molecule is CC1(C)CC[C@]2(C(=O)O[C@@H]3O[C@H](CO)[C@@H](O)[C@H](O)[C@H]3O)CC[C@]3(C)C(=CC[C@@H]4[C@@]5(C)CC[C@H]([C@@H]6O[C@H](C(=O)O)[C@@H](O[C@@H]7O[C@H](CO)[C@@H](O)[C@H](O)[C@H]7O)[C@H](O)[C@H]6O[C@@H]6OC[C@@H](O)[C@H](O)[C@H]6O)C(C)(C)[C@@H]5CC[C@]43C)[C@@H]2C1. The molecule has 0 aromatic rings. The third kappa shape index (κ3) is 9.17. The quantitative estimate of drug-likeness (QED) is 0.0919. The molecule has 4 heterocycles. The summed E-state index contributed by atoms with van der Waals surface area (Å²) in [6.45, 7) is 13.8. The maximum Gasteiger partial charge on any atom is 0.335 e. The number of carboxylic acid groups (broad SMARTS) is 1. The zero-order valence-electron chi connectivity index (χ0n) is 44.0. The van der Waals surface area contributed by atoms with Crippen LogP contribution in [0.3, 0.4) is 0 Å². The molecule has 75 heavy (non-hydrogen) atoms. The van der Waals surface area contributed by atoms with E-state index >= 15 is 0 Å². The van der Waals surface area contributed by atoms with Crippen LogP contribution in [-0.2, 0) is 42.7 Å². The number of aliphatic hydroxyl groups excluding tert-OH is 12. The highest BCUT2D eigenvalue weighted by Crippen LogP contribution is 2.76. The molecule has 0 amide bonds. The van der Waals surface area contributed by atoms with Crippen molar-refractivity contribution in [2.45, 2.75) is 229 Å². The van der Waals surface area contributed by atoms with Crippen LogP contribution in [-0.4, -0.2) is 215 Å². The Balaban J connectivity index is 1.01. The molecule has 9 rings (SSSR count). The van der Waals surface area contributed by atoms with Gasteiger partial charge in [-0.25, -0.2) is 4.79 Å².